The second-order valence-electron chi connectivity index (χ2n) is 16.3. The fourth-order valence-corrected chi connectivity index (χ4v) is 10.4. The van der Waals surface area contributed by atoms with E-state index in [0.717, 1.165) is 6.92 Å². The minimum Gasteiger partial charge on any atom is -0.507 e. The topological polar surface area (TPSA) is 177 Å². The van der Waals surface area contributed by atoms with Crippen LogP contribution in [0.2, 0.25) is 0 Å². The average molecular weight is 717 g/mol. The molecule has 10 heteroatoms. The Kier molecular flexibility index (Phi) is 8.11. The average Bonchev–Trinajstić information content (AvgIpc) is 3.31. The third-order valence-electron chi connectivity index (χ3n) is 12.6. The van der Waals surface area contributed by atoms with Crippen molar-refractivity contribution < 1.29 is 48.6 Å². The highest BCUT2D eigenvalue weighted by Gasteiger charge is 2.76. The van der Waals surface area contributed by atoms with Crippen LogP contribution >= 0.6 is 0 Å². The number of rotatable bonds is 6. The number of hydrogen-bond acceptors (Lipinski definition) is 10. The molecule has 4 aliphatic rings. The summed E-state index contributed by atoms with van der Waals surface area (Å²) >= 11 is 0. The molecule has 4 aliphatic carbocycles. The van der Waals surface area contributed by atoms with Crippen molar-refractivity contribution in [3.05, 3.63) is 88.0 Å². The number of carbonyl (C=O) groups is 8. The van der Waals surface area contributed by atoms with Crippen LogP contribution in [0.5, 0.6) is 5.75 Å². The van der Waals surface area contributed by atoms with Crippen molar-refractivity contribution in [1.82, 2.24) is 0 Å². The van der Waals surface area contributed by atoms with E-state index < -0.39 is 92.3 Å². The monoisotopic (exact) mass is 716 g/mol. The molecule has 2 N–H and O–H groups in total. The molecular formula is C43H40O10. The number of benzene rings is 3. The van der Waals surface area contributed by atoms with Crippen molar-refractivity contribution in [2.75, 3.05) is 0 Å². The molecule has 2 saturated carbocycles. The second kappa shape index (κ2) is 11.9. The van der Waals surface area contributed by atoms with Gasteiger partial charge in [-0.1, -0.05) is 70.2 Å². The van der Waals surface area contributed by atoms with Gasteiger partial charge in [0.05, 0.1) is 17.4 Å². The van der Waals surface area contributed by atoms with Crippen LogP contribution in [-0.2, 0) is 32.0 Å². The Balaban J connectivity index is 1.44. The molecule has 272 valence electrons. The molecule has 0 aromatic heterocycles. The number of hydrogen-bond donors (Lipinski definition) is 2. The van der Waals surface area contributed by atoms with Gasteiger partial charge in [0.2, 0.25) is 0 Å². The van der Waals surface area contributed by atoms with Crippen molar-refractivity contribution in [3.8, 4) is 16.9 Å². The first-order chi connectivity index (χ1) is 24.8. The van der Waals surface area contributed by atoms with E-state index in [1.165, 1.54) is 13.8 Å². The van der Waals surface area contributed by atoms with Crippen LogP contribution in [0.3, 0.4) is 0 Å². The van der Waals surface area contributed by atoms with Gasteiger partial charge in [-0.2, -0.15) is 0 Å². The maximum atomic E-state index is 14.9. The summed E-state index contributed by atoms with van der Waals surface area (Å²) in [5.74, 6) is -12.6. The molecule has 0 saturated heterocycles. The first-order valence-corrected chi connectivity index (χ1v) is 17.9. The fraction of sp³-hybridized carbons (Fsp3) is 0.395. The Bertz CT molecular complexity index is 2230. The molecule has 10 nitrogen and oxygen atoms in total. The molecule has 2 fully saturated rings. The third kappa shape index (κ3) is 4.80. The first-order valence-electron chi connectivity index (χ1n) is 17.9. The van der Waals surface area contributed by atoms with Crippen molar-refractivity contribution in [2.24, 2.45) is 40.4 Å². The van der Waals surface area contributed by atoms with E-state index >= 15 is 0 Å². The summed E-state index contributed by atoms with van der Waals surface area (Å²) in [6.07, 6.45) is -0.408. The Morgan fingerprint density at radius 3 is 2.02 bits per heavy atom. The second-order valence-corrected chi connectivity index (χ2v) is 16.3. The molecule has 0 spiro atoms. The van der Waals surface area contributed by atoms with Crippen molar-refractivity contribution >= 4 is 46.3 Å². The quantitative estimate of drug-likeness (QED) is 0.255. The van der Waals surface area contributed by atoms with Crippen molar-refractivity contribution in [3.63, 3.8) is 0 Å². The molecule has 6 atom stereocenters. The summed E-state index contributed by atoms with van der Waals surface area (Å²) in [5.41, 5.74) is -3.80. The van der Waals surface area contributed by atoms with E-state index in [4.69, 9.17) is 0 Å². The molecule has 3 unspecified atom stereocenters. The van der Waals surface area contributed by atoms with Crippen LogP contribution in [0.4, 0.5) is 0 Å². The number of aromatic hydroxyl groups is 1. The minimum absolute atomic E-state index is 0.0142. The van der Waals surface area contributed by atoms with Gasteiger partial charge in [0.25, 0.3) is 0 Å². The number of carbonyl (C=O) groups excluding carboxylic acids is 8. The Hall–Kier alpha value is -5.22. The first kappa shape index (κ1) is 36.2. The highest BCUT2D eigenvalue weighted by molar-refractivity contribution is 6.33. The predicted molar refractivity (Wildman–Crippen MR) is 191 cm³/mol. The van der Waals surface area contributed by atoms with E-state index in [1.807, 2.05) is 0 Å². The highest BCUT2D eigenvalue weighted by Crippen LogP contribution is 2.64. The van der Waals surface area contributed by atoms with Crippen molar-refractivity contribution in [2.45, 2.75) is 66.4 Å². The van der Waals surface area contributed by atoms with Crippen LogP contribution in [0.1, 0.15) is 101 Å². The summed E-state index contributed by atoms with van der Waals surface area (Å²) in [4.78, 5) is 110. The number of Topliss-reactive ketones (excluding diaryl/α,β-unsaturated/α-hetero) is 8. The van der Waals surface area contributed by atoms with Crippen LogP contribution in [0, 0.1) is 40.4 Å². The lowest BCUT2D eigenvalue weighted by Crippen LogP contribution is -2.76. The fourth-order valence-electron chi connectivity index (χ4n) is 10.4. The van der Waals surface area contributed by atoms with Crippen molar-refractivity contribution in [1.29, 1.82) is 0 Å². The molecule has 3 aromatic carbocycles. The molecule has 3 aromatic rings. The standard InChI is InChI=1S/C43H40O10/c1-19(2)32-37(49)30(21(4)45)39(51)43(53)40(52)33-38(50)31-29(17-41(33,5)18-42(32,43)6)27(23-11-9-10-22(14-23)20(3)44)15-24(34(31)46)16-28-35(47)25-12-7-8-13-26(25)36(28)48/h7-15,19,28,30,32-33,46,53H,16-18H2,1-6H3/t30?,32?,33?,41-,42-,43+/m1/s1. The zero-order valence-electron chi connectivity index (χ0n) is 30.4. The molecular weight excluding hydrogens is 676 g/mol. The van der Waals surface area contributed by atoms with Gasteiger partial charge in [-0.25, -0.2) is 0 Å². The number of fused-ring (bicyclic) bond motifs is 4. The summed E-state index contributed by atoms with van der Waals surface area (Å²) in [7, 11) is 0. The van der Waals surface area contributed by atoms with E-state index in [1.54, 1.807) is 75.4 Å². The van der Waals surface area contributed by atoms with E-state index in [9.17, 15) is 48.6 Å². The van der Waals surface area contributed by atoms with E-state index in [2.05, 4.69) is 0 Å². The molecule has 0 radical (unpaired) electrons. The lowest BCUT2D eigenvalue weighted by atomic mass is 9.39. The van der Waals surface area contributed by atoms with Crippen LogP contribution < -0.4 is 0 Å². The van der Waals surface area contributed by atoms with Gasteiger partial charge in [0.15, 0.2) is 46.1 Å². The maximum Gasteiger partial charge on any atom is 0.190 e. The molecule has 0 heterocycles. The molecule has 7 rings (SSSR count). The maximum absolute atomic E-state index is 14.9. The molecule has 0 aliphatic heterocycles. The Morgan fingerprint density at radius 2 is 1.45 bits per heavy atom. The zero-order valence-corrected chi connectivity index (χ0v) is 30.4. The van der Waals surface area contributed by atoms with Gasteiger partial charge < -0.3 is 10.2 Å². The minimum atomic E-state index is -2.86. The third-order valence-corrected chi connectivity index (χ3v) is 12.6. The summed E-state index contributed by atoms with van der Waals surface area (Å²) in [6, 6.07) is 14.7. The summed E-state index contributed by atoms with van der Waals surface area (Å²) < 4.78 is 0. The summed E-state index contributed by atoms with van der Waals surface area (Å²) in [6.45, 7) is 9.11. The van der Waals surface area contributed by atoms with Gasteiger partial charge in [-0.05, 0) is 78.8 Å². The van der Waals surface area contributed by atoms with E-state index in [-0.39, 0.29) is 47.3 Å². The Morgan fingerprint density at radius 1 is 0.830 bits per heavy atom. The van der Waals surface area contributed by atoms with Gasteiger partial charge in [-0.3, -0.25) is 38.4 Å². The van der Waals surface area contributed by atoms with Crippen LogP contribution in [-0.4, -0.2) is 62.1 Å². The summed E-state index contributed by atoms with van der Waals surface area (Å²) in [5, 5.41) is 24.4. The lowest BCUT2D eigenvalue weighted by molar-refractivity contribution is -0.205. The largest absolute Gasteiger partial charge is 0.507 e. The smallest absolute Gasteiger partial charge is 0.190 e. The van der Waals surface area contributed by atoms with Gasteiger partial charge in [-0.15, -0.1) is 0 Å². The zero-order chi connectivity index (χ0) is 38.7. The van der Waals surface area contributed by atoms with Gasteiger partial charge in [0, 0.05) is 28.0 Å². The lowest BCUT2D eigenvalue weighted by Gasteiger charge is -2.62. The SMILES string of the molecule is CC(=O)c1cccc(-c2cc(CC3C(=O)c4ccccc4C3=O)c(O)c3c2C[C@]2(C)C[C@]4(C)C(C(C)C)C(=O)C(C(C)=O)C(=O)[C@]4(O)C(=O)C2C3=O)c1. The van der Waals surface area contributed by atoms with Gasteiger partial charge in [0.1, 0.15) is 17.5 Å². The molecule has 0 amide bonds. The highest BCUT2D eigenvalue weighted by atomic mass is 16.3. The molecule has 53 heavy (non-hydrogen) atoms. The Labute approximate surface area is 306 Å². The van der Waals surface area contributed by atoms with E-state index in [0.29, 0.717) is 22.3 Å². The van der Waals surface area contributed by atoms with Crippen LogP contribution in [0.15, 0.2) is 54.6 Å². The molecule has 0 bridgehead atoms. The normalized spacial score (nSPS) is 29.5. The van der Waals surface area contributed by atoms with Crippen LogP contribution in [0.25, 0.3) is 11.1 Å². The number of phenolic OH excluding ortho intramolecular Hbond substituents is 1. The number of ketones is 8. The predicted octanol–water partition coefficient (Wildman–Crippen LogP) is 5.20. The number of phenols is 1. The van der Waals surface area contributed by atoms with Gasteiger partial charge >= 0.3 is 0 Å². The number of aliphatic hydroxyl groups is 1.